The number of urea groups is 1. The summed E-state index contributed by atoms with van der Waals surface area (Å²) in [7, 11) is 0. The molecule has 1 unspecified atom stereocenters. The van der Waals surface area contributed by atoms with Crippen molar-refractivity contribution in [1.82, 2.24) is 10.6 Å². The van der Waals surface area contributed by atoms with Gasteiger partial charge in [0.1, 0.15) is 6.04 Å². The van der Waals surface area contributed by atoms with Crippen molar-refractivity contribution < 1.29 is 14.7 Å². The average molecular weight is 256 g/mol. The molecule has 0 aliphatic heterocycles. The predicted octanol–water partition coefficient (Wildman–Crippen LogP) is 1.80. The molecule has 0 aliphatic carbocycles. The summed E-state index contributed by atoms with van der Waals surface area (Å²) in [5.41, 5.74) is 0. The first-order valence-electron chi connectivity index (χ1n) is 5.43. The van der Waals surface area contributed by atoms with Gasteiger partial charge in [0.15, 0.2) is 0 Å². The van der Waals surface area contributed by atoms with Crippen LogP contribution in [0.5, 0.6) is 0 Å². The van der Waals surface area contributed by atoms with Crippen molar-refractivity contribution in [2.24, 2.45) is 0 Å². The Balaban J connectivity index is 2.34. The van der Waals surface area contributed by atoms with Crippen LogP contribution in [0.3, 0.4) is 0 Å². The Morgan fingerprint density at radius 2 is 2.29 bits per heavy atom. The van der Waals surface area contributed by atoms with Crippen molar-refractivity contribution in [1.29, 1.82) is 0 Å². The Labute approximate surface area is 104 Å². The fourth-order valence-electron chi connectivity index (χ4n) is 1.34. The minimum absolute atomic E-state index is 0.419. The number of amides is 2. The predicted molar refractivity (Wildman–Crippen MR) is 66.0 cm³/mol. The molecule has 1 rings (SSSR count). The summed E-state index contributed by atoms with van der Waals surface area (Å²) in [5.74, 6) is -1.00. The highest BCUT2D eigenvalue weighted by molar-refractivity contribution is 7.09. The highest BCUT2D eigenvalue weighted by Gasteiger charge is 2.18. The number of carbonyl (C=O) groups is 2. The number of carboxylic acid groups (broad SMARTS) is 1. The fourth-order valence-corrected chi connectivity index (χ4v) is 1.98. The Morgan fingerprint density at radius 3 is 2.82 bits per heavy atom. The highest BCUT2D eigenvalue weighted by atomic mass is 32.1. The standard InChI is InChI=1S/C11H16N2O3S/c1-2-4-9(10(14)15)13-11(16)12-7-8-5-3-6-17-8/h3,5-6,9H,2,4,7H2,1H3,(H,14,15)(H2,12,13,16). The monoisotopic (exact) mass is 256 g/mol. The molecule has 1 heterocycles. The third kappa shape index (κ3) is 4.86. The Kier molecular flexibility index (Phi) is 5.48. The van der Waals surface area contributed by atoms with Gasteiger partial charge in [0.25, 0.3) is 0 Å². The Morgan fingerprint density at radius 1 is 1.53 bits per heavy atom. The average Bonchev–Trinajstić information content (AvgIpc) is 2.78. The van der Waals surface area contributed by atoms with E-state index in [1.165, 1.54) is 0 Å². The maximum Gasteiger partial charge on any atom is 0.326 e. The molecule has 1 aromatic rings. The number of rotatable bonds is 6. The molecule has 6 heteroatoms. The van der Waals surface area contributed by atoms with Crippen LogP contribution in [-0.4, -0.2) is 23.1 Å². The van der Waals surface area contributed by atoms with Crippen molar-refractivity contribution in [2.75, 3.05) is 0 Å². The van der Waals surface area contributed by atoms with Crippen molar-refractivity contribution >= 4 is 23.3 Å². The molecule has 3 N–H and O–H groups in total. The van der Waals surface area contributed by atoms with E-state index in [0.717, 1.165) is 4.88 Å². The van der Waals surface area contributed by atoms with Crippen molar-refractivity contribution in [3.8, 4) is 0 Å². The third-order valence-corrected chi connectivity index (χ3v) is 3.06. The Hall–Kier alpha value is -1.56. The topological polar surface area (TPSA) is 78.4 Å². The number of thiophene rings is 1. The molecule has 0 aromatic carbocycles. The molecule has 0 fully saturated rings. The number of aliphatic carboxylic acids is 1. The lowest BCUT2D eigenvalue weighted by Crippen LogP contribution is -2.45. The lowest BCUT2D eigenvalue weighted by atomic mass is 10.2. The molecule has 2 amide bonds. The highest BCUT2D eigenvalue weighted by Crippen LogP contribution is 2.07. The van der Waals surface area contributed by atoms with Crippen LogP contribution in [0.15, 0.2) is 17.5 Å². The molecule has 0 saturated carbocycles. The second kappa shape index (κ2) is 6.90. The number of carbonyl (C=O) groups excluding carboxylic acids is 1. The first-order valence-corrected chi connectivity index (χ1v) is 6.31. The van der Waals surface area contributed by atoms with Crippen LogP contribution in [0.1, 0.15) is 24.6 Å². The number of nitrogens with one attached hydrogen (secondary N) is 2. The van der Waals surface area contributed by atoms with Crippen molar-refractivity contribution in [3.63, 3.8) is 0 Å². The summed E-state index contributed by atoms with van der Waals surface area (Å²) >= 11 is 1.54. The number of hydrogen-bond acceptors (Lipinski definition) is 3. The molecule has 17 heavy (non-hydrogen) atoms. The zero-order chi connectivity index (χ0) is 12.7. The first-order chi connectivity index (χ1) is 8.13. The minimum Gasteiger partial charge on any atom is -0.480 e. The van der Waals surface area contributed by atoms with Gasteiger partial charge in [-0.15, -0.1) is 11.3 Å². The van der Waals surface area contributed by atoms with E-state index in [-0.39, 0.29) is 0 Å². The van der Waals surface area contributed by atoms with Crippen LogP contribution >= 0.6 is 11.3 Å². The first kappa shape index (κ1) is 13.5. The second-order valence-electron chi connectivity index (χ2n) is 3.59. The van der Waals surface area contributed by atoms with Crippen molar-refractivity contribution in [2.45, 2.75) is 32.4 Å². The van der Waals surface area contributed by atoms with E-state index < -0.39 is 18.0 Å². The van der Waals surface area contributed by atoms with E-state index in [2.05, 4.69) is 10.6 Å². The lowest BCUT2D eigenvalue weighted by Gasteiger charge is -2.13. The quantitative estimate of drug-likeness (QED) is 0.726. The lowest BCUT2D eigenvalue weighted by molar-refractivity contribution is -0.139. The van der Waals surface area contributed by atoms with Gasteiger partial charge in [0, 0.05) is 4.88 Å². The zero-order valence-corrected chi connectivity index (χ0v) is 10.4. The van der Waals surface area contributed by atoms with Gasteiger partial charge in [0.2, 0.25) is 0 Å². The molecule has 0 saturated heterocycles. The molecular weight excluding hydrogens is 240 g/mol. The summed E-state index contributed by atoms with van der Waals surface area (Å²) in [6, 6.07) is 2.55. The van der Waals surface area contributed by atoms with E-state index >= 15 is 0 Å². The van der Waals surface area contributed by atoms with Crippen LogP contribution in [0.25, 0.3) is 0 Å². The third-order valence-electron chi connectivity index (χ3n) is 2.18. The van der Waals surface area contributed by atoms with Gasteiger partial charge in [-0.25, -0.2) is 9.59 Å². The maximum absolute atomic E-state index is 11.4. The summed E-state index contributed by atoms with van der Waals surface area (Å²) in [6.45, 7) is 2.29. The van der Waals surface area contributed by atoms with E-state index in [4.69, 9.17) is 5.11 Å². The van der Waals surface area contributed by atoms with Gasteiger partial charge in [-0.05, 0) is 17.9 Å². The van der Waals surface area contributed by atoms with Crippen LogP contribution in [-0.2, 0) is 11.3 Å². The van der Waals surface area contributed by atoms with Crippen LogP contribution in [0, 0.1) is 0 Å². The van der Waals surface area contributed by atoms with E-state index in [9.17, 15) is 9.59 Å². The molecule has 1 atom stereocenters. The van der Waals surface area contributed by atoms with Gasteiger partial charge in [-0.1, -0.05) is 19.4 Å². The fraction of sp³-hybridized carbons (Fsp3) is 0.455. The SMILES string of the molecule is CCCC(NC(=O)NCc1cccs1)C(=O)O. The van der Waals surface area contributed by atoms with Gasteiger partial charge in [-0.3, -0.25) is 0 Å². The molecule has 1 aromatic heterocycles. The Bertz CT molecular complexity index is 365. The van der Waals surface area contributed by atoms with Gasteiger partial charge >= 0.3 is 12.0 Å². The maximum atomic E-state index is 11.4. The van der Waals surface area contributed by atoms with Gasteiger partial charge in [-0.2, -0.15) is 0 Å². The summed E-state index contributed by atoms with van der Waals surface area (Å²) < 4.78 is 0. The number of carboxylic acids is 1. The summed E-state index contributed by atoms with van der Waals surface area (Å²) in [5, 5.41) is 15.8. The molecule has 0 aliphatic rings. The smallest absolute Gasteiger partial charge is 0.326 e. The largest absolute Gasteiger partial charge is 0.480 e. The normalized spacial score (nSPS) is 11.8. The van der Waals surface area contributed by atoms with Gasteiger partial charge in [0.05, 0.1) is 6.54 Å². The molecule has 0 spiro atoms. The minimum atomic E-state index is -1.00. The van der Waals surface area contributed by atoms with Crippen LogP contribution < -0.4 is 10.6 Å². The molecule has 0 radical (unpaired) electrons. The van der Waals surface area contributed by atoms with Crippen LogP contribution in [0.2, 0.25) is 0 Å². The zero-order valence-electron chi connectivity index (χ0n) is 9.60. The summed E-state index contributed by atoms with van der Waals surface area (Å²) in [4.78, 5) is 23.3. The van der Waals surface area contributed by atoms with E-state index in [0.29, 0.717) is 19.4 Å². The van der Waals surface area contributed by atoms with Gasteiger partial charge < -0.3 is 15.7 Å². The molecular formula is C11H16N2O3S. The van der Waals surface area contributed by atoms with E-state index in [1.54, 1.807) is 11.3 Å². The van der Waals surface area contributed by atoms with E-state index in [1.807, 2.05) is 24.4 Å². The number of hydrogen-bond donors (Lipinski definition) is 3. The summed E-state index contributed by atoms with van der Waals surface area (Å²) in [6.07, 6.45) is 1.14. The van der Waals surface area contributed by atoms with Crippen molar-refractivity contribution in [3.05, 3.63) is 22.4 Å². The van der Waals surface area contributed by atoms with Crippen LogP contribution in [0.4, 0.5) is 4.79 Å². The second-order valence-corrected chi connectivity index (χ2v) is 4.62. The molecule has 0 bridgehead atoms. The molecule has 94 valence electrons. The molecule has 5 nitrogen and oxygen atoms in total.